The average Bonchev–Trinajstić information content (AvgIpc) is 2.96. The number of carbonyl (C=O) groups is 2. The van der Waals surface area contributed by atoms with E-state index in [-0.39, 0.29) is 23.9 Å². The molecule has 0 aliphatic carbocycles. The third kappa shape index (κ3) is 4.56. The van der Waals surface area contributed by atoms with Crippen LogP contribution >= 0.6 is 0 Å². The lowest BCUT2D eigenvalue weighted by atomic mass is 9.98. The van der Waals surface area contributed by atoms with E-state index in [4.69, 9.17) is 14.3 Å². The molecular formula is C15H22N2O5. The molecule has 0 spiro atoms. The van der Waals surface area contributed by atoms with E-state index in [1.807, 2.05) is 0 Å². The number of rotatable bonds is 6. The van der Waals surface area contributed by atoms with Gasteiger partial charge in [-0.3, -0.25) is 9.59 Å². The summed E-state index contributed by atoms with van der Waals surface area (Å²) >= 11 is 0. The van der Waals surface area contributed by atoms with Gasteiger partial charge in [-0.1, -0.05) is 0 Å². The van der Waals surface area contributed by atoms with Crippen LogP contribution in [0, 0.1) is 0 Å². The van der Waals surface area contributed by atoms with Gasteiger partial charge in [-0.25, -0.2) is 4.98 Å². The number of oxazole rings is 1. The molecule has 0 atom stereocenters. The third-order valence-corrected chi connectivity index (χ3v) is 3.74. The van der Waals surface area contributed by atoms with E-state index in [2.05, 4.69) is 10.3 Å². The fourth-order valence-electron chi connectivity index (χ4n) is 2.38. The number of carboxylic acids is 1. The highest BCUT2D eigenvalue weighted by Gasteiger charge is 2.26. The lowest BCUT2D eigenvalue weighted by molar-refractivity contribution is -0.137. The molecule has 2 rings (SSSR count). The van der Waals surface area contributed by atoms with E-state index in [9.17, 15) is 9.59 Å². The first-order valence-corrected chi connectivity index (χ1v) is 7.45. The van der Waals surface area contributed by atoms with Crippen LogP contribution in [0.1, 0.15) is 61.8 Å². The van der Waals surface area contributed by atoms with Crippen molar-refractivity contribution in [2.75, 3.05) is 13.2 Å². The molecule has 1 fully saturated rings. The second-order valence-electron chi connectivity index (χ2n) is 6.19. The van der Waals surface area contributed by atoms with E-state index in [0.29, 0.717) is 25.5 Å². The van der Waals surface area contributed by atoms with Crippen LogP contribution < -0.4 is 5.32 Å². The monoisotopic (exact) mass is 310 g/mol. The molecule has 1 aromatic rings. The van der Waals surface area contributed by atoms with Crippen LogP contribution in [-0.2, 0) is 9.53 Å². The molecule has 2 heterocycles. The van der Waals surface area contributed by atoms with Gasteiger partial charge in [0.05, 0.1) is 0 Å². The molecular weight excluding hydrogens is 288 g/mol. The Hall–Kier alpha value is -1.89. The third-order valence-electron chi connectivity index (χ3n) is 3.74. The first-order chi connectivity index (χ1) is 10.4. The molecule has 1 aliphatic rings. The number of hydrogen-bond donors (Lipinski definition) is 2. The molecule has 0 unspecified atom stereocenters. The Kier molecular flexibility index (Phi) is 5.18. The first-order valence-electron chi connectivity index (χ1n) is 7.45. The summed E-state index contributed by atoms with van der Waals surface area (Å²) in [6, 6.07) is 0. The van der Waals surface area contributed by atoms with Crippen LogP contribution in [0.4, 0.5) is 0 Å². The molecule has 1 amide bonds. The van der Waals surface area contributed by atoms with Crippen molar-refractivity contribution in [1.29, 1.82) is 0 Å². The fraction of sp³-hybridized carbons (Fsp3) is 0.667. The molecule has 1 aromatic heterocycles. The Labute approximate surface area is 129 Å². The van der Waals surface area contributed by atoms with Crippen LogP contribution in [0.15, 0.2) is 10.7 Å². The maximum atomic E-state index is 12.2. The number of aromatic nitrogens is 1. The SMILES string of the molecule is CC(C)(CCC(=O)O)NC(=O)c1coc(C2CCOCC2)n1. The van der Waals surface area contributed by atoms with E-state index in [1.165, 1.54) is 6.26 Å². The Morgan fingerprint density at radius 2 is 2.09 bits per heavy atom. The standard InChI is InChI=1S/C15H22N2O5/c1-15(2,6-3-12(18)19)17-13(20)11-9-22-14(16-11)10-4-7-21-8-5-10/h9-10H,3-8H2,1-2H3,(H,17,20)(H,18,19). The zero-order valence-corrected chi connectivity index (χ0v) is 12.9. The molecule has 2 N–H and O–H groups in total. The van der Waals surface area contributed by atoms with Crippen molar-refractivity contribution in [3.8, 4) is 0 Å². The second kappa shape index (κ2) is 6.91. The quantitative estimate of drug-likeness (QED) is 0.832. The number of hydrogen-bond acceptors (Lipinski definition) is 5. The minimum Gasteiger partial charge on any atom is -0.481 e. The number of amides is 1. The van der Waals surface area contributed by atoms with Crippen molar-refractivity contribution in [2.24, 2.45) is 0 Å². The Balaban J connectivity index is 1.94. The van der Waals surface area contributed by atoms with Gasteiger partial charge in [0.1, 0.15) is 6.26 Å². The van der Waals surface area contributed by atoms with Crippen molar-refractivity contribution in [1.82, 2.24) is 10.3 Å². The van der Waals surface area contributed by atoms with Gasteiger partial charge in [-0.15, -0.1) is 0 Å². The lowest BCUT2D eigenvalue weighted by Crippen LogP contribution is -2.43. The Morgan fingerprint density at radius 3 is 2.73 bits per heavy atom. The Bertz CT molecular complexity index is 532. The fourth-order valence-corrected chi connectivity index (χ4v) is 2.38. The lowest BCUT2D eigenvalue weighted by Gasteiger charge is -2.25. The molecule has 7 heteroatoms. The van der Waals surface area contributed by atoms with Gasteiger partial charge >= 0.3 is 5.97 Å². The van der Waals surface area contributed by atoms with Gasteiger partial charge in [-0.2, -0.15) is 0 Å². The van der Waals surface area contributed by atoms with Crippen LogP contribution in [-0.4, -0.2) is 40.7 Å². The number of aliphatic carboxylic acids is 1. The second-order valence-corrected chi connectivity index (χ2v) is 6.19. The maximum Gasteiger partial charge on any atom is 0.303 e. The topological polar surface area (TPSA) is 102 Å². The maximum absolute atomic E-state index is 12.2. The molecule has 1 saturated heterocycles. The molecule has 0 aromatic carbocycles. The molecule has 122 valence electrons. The highest BCUT2D eigenvalue weighted by molar-refractivity contribution is 5.92. The molecule has 1 aliphatic heterocycles. The van der Waals surface area contributed by atoms with Crippen LogP contribution in [0.5, 0.6) is 0 Å². The van der Waals surface area contributed by atoms with Gasteiger partial charge in [-0.05, 0) is 33.1 Å². The normalized spacial score (nSPS) is 16.5. The summed E-state index contributed by atoms with van der Waals surface area (Å²) < 4.78 is 10.7. The zero-order valence-electron chi connectivity index (χ0n) is 12.9. The van der Waals surface area contributed by atoms with Crippen molar-refractivity contribution >= 4 is 11.9 Å². The predicted octanol–water partition coefficient (Wildman–Crippen LogP) is 1.94. The van der Waals surface area contributed by atoms with Crippen LogP contribution in [0.2, 0.25) is 0 Å². The van der Waals surface area contributed by atoms with E-state index in [0.717, 1.165) is 12.8 Å². The van der Waals surface area contributed by atoms with Crippen molar-refractivity contribution in [3.05, 3.63) is 17.8 Å². The average molecular weight is 310 g/mol. The van der Waals surface area contributed by atoms with Crippen molar-refractivity contribution in [2.45, 2.75) is 51.0 Å². The summed E-state index contributed by atoms with van der Waals surface area (Å²) in [5.41, 5.74) is -0.391. The highest BCUT2D eigenvalue weighted by Crippen LogP contribution is 2.26. The van der Waals surface area contributed by atoms with Crippen LogP contribution in [0.3, 0.4) is 0 Å². The number of nitrogens with zero attached hydrogens (tertiary/aromatic N) is 1. The molecule has 0 radical (unpaired) electrons. The minimum absolute atomic E-state index is 0.000576. The summed E-state index contributed by atoms with van der Waals surface area (Å²) in [6.45, 7) is 4.92. The van der Waals surface area contributed by atoms with Gasteiger partial charge in [0.15, 0.2) is 11.6 Å². The number of nitrogens with one attached hydrogen (secondary N) is 1. The van der Waals surface area contributed by atoms with E-state index in [1.54, 1.807) is 13.8 Å². The highest BCUT2D eigenvalue weighted by atomic mass is 16.5. The minimum atomic E-state index is -0.884. The molecule has 7 nitrogen and oxygen atoms in total. The van der Waals surface area contributed by atoms with Gasteiger partial charge in [0.2, 0.25) is 0 Å². The predicted molar refractivity (Wildman–Crippen MR) is 77.7 cm³/mol. The summed E-state index contributed by atoms with van der Waals surface area (Å²) in [5, 5.41) is 11.5. The summed E-state index contributed by atoms with van der Waals surface area (Å²) in [7, 11) is 0. The van der Waals surface area contributed by atoms with E-state index >= 15 is 0 Å². The zero-order chi connectivity index (χ0) is 16.2. The van der Waals surface area contributed by atoms with Gasteiger partial charge in [0, 0.05) is 31.1 Å². The summed E-state index contributed by atoms with van der Waals surface area (Å²) in [4.78, 5) is 27.1. The Morgan fingerprint density at radius 1 is 1.41 bits per heavy atom. The summed E-state index contributed by atoms with van der Waals surface area (Å²) in [6.07, 6.45) is 3.38. The number of carboxylic acid groups (broad SMARTS) is 1. The first kappa shape index (κ1) is 16.5. The number of carbonyl (C=O) groups excluding carboxylic acids is 1. The number of ether oxygens (including phenoxy) is 1. The largest absolute Gasteiger partial charge is 0.481 e. The molecule has 22 heavy (non-hydrogen) atoms. The van der Waals surface area contributed by atoms with Gasteiger partial charge in [0.25, 0.3) is 5.91 Å². The molecule has 0 bridgehead atoms. The van der Waals surface area contributed by atoms with Gasteiger partial charge < -0.3 is 19.6 Å². The van der Waals surface area contributed by atoms with Crippen molar-refractivity contribution < 1.29 is 23.8 Å². The molecule has 0 saturated carbocycles. The smallest absolute Gasteiger partial charge is 0.303 e. The van der Waals surface area contributed by atoms with Crippen LogP contribution in [0.25, 0.3) is 0 Å². The van der Waals surface area contributed by atoms with E-state index < -0.39 is 11.5 Å². The van der Waals surface area contributed by atoms with Crippen molar-refractivity contribution in [3.63, 3.8) is 0 Å². The summed E-state index contributed by atoms with van der Waals surface area (Å²) in [5.74, 6) is -0.477.